The number of carbonyl (C=O) groups is 1. The Morgan fingerprint density at radius 3 is 2.53 bits per heavy atom. The number of rotatable bonds is 5. The average molecular weight is 263 g/mol. The molecule has 0 saturated carbocycles. The van der Waals surface area contributed by atoms with Gasteiger partial charge in [-0.2, -0.15) is 0 Å². The summed E-state index contributed by atoms with van der Waals surface area (Å²) in [7, 11) is 0. The zero-order valence-corrected chi connectivity index (χ0v) is 12.6. The van der Waals surface area contributed by atoms with Gasteiger partial charge >= 0.3 is 0 Å². The van der Waals surface area contributed by atoms with E-state index >= 15 is 0 Å². The lowest BCUT2D eigenvalue weighted by Crippen LogP contribution is -2.41. The highest BCUT2D eigenvalue weighted by molar-refractivity contribution is 5.94. The van der Waals surface area contributed by atoms with Gasteiger partial charge in [-0.1, -0.05) is 27.7 Å². The van der Waals surface area contributed by atoms with Crippen molar-refractivity contribution < 1.29 is 4.79 Å². The Kier molecular flexibility index (Phi) is 5.33. The molecule has 0 bridgehead atoms. The first-order valence-corrected chi connectivity index (χ1v) is 6.85. The Morgan fingerprint density at radius 2 is 2.05 bits per heavy atom. The predicted octanol–water partition coefficient (Wildman–Crippen LogP) is 3.07. The topological polar surface area (TPSA) is 54.0 Å². The van der Waals surface area contributed by atoms with E-state index in [0.29, 0.717) is 5.56 Å². The summed E-state index contributed by atoms with van der Waals surface area (Å²) in [6, 6.07) is 3.75. The van der Waals surface area contributed by atoms with E-state index in [-0.39, 0.29) is 17.4 Å². The van der Waals surface area contributed by atoms with Gasteiger partial charge in [-0.25, -0.2) is 4.98 Å². The normalized spacial score (nSPS) is 12.9. The van der Waals surface area contributed by atoms with E-state index in [1.54, 1.807) is 12.3 Å². The maximum atomic E-state index is 12.1. The van der Waals surface area contributed by atoms with Gasteiger partial charge in [0, 0.05) is 18.8 Å². The summed E-state index contributed by atoms with van der Waals surface area (Å²) in [5, 5.41) is 6.18. The minimum Gasteiger partial charge on any atom is -0.370 e. The van der Waals surface area contributed by atoms with Gasteiger partial charge in [0.25, 0.3) is 5.91 Å². The molecular formula is C15H25N3O. The number of nitrogens with one attached hydrogen (secondary N) is 2. The Labute approximate surface area is 116 Å². The van der Waals surface area contributed by atoms with Crippen LogP contribution in [0.4, 0.5) is 5.82 Å². The smallest absolute Gasteiger partial charge is 0.253 e. The lowest BCUT2D eigenvalue weighted by molar-refractivity contribution is 0.0910. The molecule has 0 aliphatic rings. The molecule has 1 atom stereocenters. The average Bonchev–Trinajstić information content (AvgIpc) is 2.35. The van der Waals surface area contributed by atoms with Crippen LogP contribution < -0.4 is 10.6 Å². The molecule has 1 aromatic heterocycles. The molecule has 0 fully saturated rings. The van der Waals surface area contributed by atoms with Gasteiger partial charge < -0.3 is 10.6 Å². The van der Waals surface area contributed by atoms with Crippen molar-refractivity contribution in [3.63, 3.8) is 0 Å². The van der Waals surface area contributed by atoms with Gasteiger partial charge in [0.05, 0.1) is 5.56 Å². The zero-order chi connectivity index (χ0) is 14.5. The van der Waals surface area contributed by atoms with Crippen molar-refractivity contribution in [2.75, 3.05) is 11.9 Å². The van der Waals surface area contributed by atoms with Crippen LogP contribution in [0.25, 0.3) is 0 Å². The lowest BCUT2D eigenvalue weighted by Gasteiger charge is -2.28. The van der Waals surface area contributed by atoms with Crippen molar-refractivity contribution in [3.8, 4) is 0 Å². The second-order valence-electron chi connectivity index (χ2n) is 5.92. The number of nitrogens with zero attached hydrogens (tertiary/aromatic N) is 1. The van der Waals surface area contributed by atoms with Crippen LogP contribution in [-0.4, -0.2) is 23.5 Å². The van der Waals surface area contributed by atoms with Crippen molar-refractivity contribution in [2.45, 2.75) is 47.1 Å². The molecule has 19 heavy (non-hydrogen) atoms. The molecule has 1 aromatic rings. The molecule has 1 amide bonds. The fraction of sp³-hybridized carbons (Fsp3) is 0.600. The first kappa shape index (κ1) is 15.5. The molecule has 0 aliphatic carbocycles. The Hall–Kier alpha value is -1.58. The third-order valence-corrected chi connectivity index (χ3v) is 3.23. The van der Waals surface area contributed by atoms with Crippen LogP contribution >= 0.6 is 0 Å². The number of pyridine rings is 1. The summed E-state index contributed by atoms with van der Waals surface area (Å²) in [4.78, 5) is 16.3. The molecule has 0 radical (unpaired) electrons. The fourth-order valence-corrected chi connectivity index (χ4v) is 1.38. The number of hydrogen-bond donors (Lipinski definition) is 2. The quantitative estimate of drug-likeness (QED) is 0.858. The van der Waals surface area contributed by atoms with E-state index in [4.69, 9.17) is 0 Å². The Balaban J connectivity index is 2.63. The summed E-state index contributed by atoms with van der Waals surface area (Å²) in [6.45, 7) is 11.3. The molecule has 2 N–H and O–H groups in total. The third-order valence-electron chi connectivity index (χ3n) is 3.23. The number of anilines is 1. The molecule has 0 spiro atoms. The number of carbonyl (C=O) groups excluding carboxylic acids is 1. The molecule has 1 rings (SSSR count). The predicted molar refractivity (Wildman–Crippen MR) is 79.4 cm³/mol. The number of aromatic nitrogens is 1. The Bertz CT molecular complexity index is 406. The van der Waals surface area contributed by atoms with Crippen LogP contribution in [0.15, 0.2) is 18.3 Å². The zero-order valence-electron chi connectivity index (χ0n) is 12.6. The largest absolute Gasteiger partial charge is 0.370 e. The SMILES string of the molecule is CCCNc1ccc(C(=O)NC(C)C(C)(C)C)cn1. The van der Waals surface area contributed by atoms with Gasteiger partial charge in [0.1, 0.15) is 5.82 Å². The van der Waals surface area contributed by atoms with Crippen molar-refractivity contribution in [1.29, 1.82) is 0 Å². The molecular weight excluding hydrogens is 238 g/mol. The van der Waals surface area contributed by atoms with E-state index in [1.165, 1.54) is 0 Å². The maximum Gasteiger partial charge on any atom is 0.253 e. The van der Waals surface area contributed by atoms with E-state index in [9.17, 15) is 4.79 Å². The van der Waals surface area contributed by atoms with Crippen molar-refractivity contribution >= 4 is 11.7 Å². The van der Waals surface area contributed by atoms with Crippen LogP contribution in [0.1, 0.15) is 51.4 Å². The van der Waals surface area contributed by atoms with Gasteiger partial charge in [-0.05, 0) is 30.9 Å². The minimum absolute atomic E-state index is 0.0473. The van der Waals surface area contributed by atoms with Gasteiger partial charge in [0.15, 0.2) is 0 Å². The first-order valence-electron chi connectivity index (χ1n) is 6.85. The van der Waals surface area contributed by atoms with E-state index < -0.39 is 0 Å². The summed E-state index contributed by atoms with van der Waals surface area (Å²) in [5.41, 5.74) is 0.643. The Morgan fingerprint density at radius 1 is 1.37 bits per heavy atom. The highest BCUT2D eigenvalue weighted by Crippen LogP contribution is 2.19. The van der Waals surface area contributed by atoms with Crippen LogP contribution in [0.3, 0.4) is 0 Å². The van der Waals surface area contributed by atoms with Crippen molar-refractivity contribution in [3.05, 3.63) is 23.9 Å². The molecule has 4 heteroatoms. The van der Waals surface area contributed by atoms with E-state index in [1.807, 2.05) is 13.0 Å². The summed E-state index contributed by atoms with van der Waals surface area (Å²) in [6.07, 6.45) is 2.66. The number of hydrogen-bond acceptors (Lipinski definition) is 3. The molecule has 0 saturated heterocycles. The van der Waals surface area contributed by atoms with Gasteiger partial charge in [-0.15, -0.1) is 0 Å². The van der Waals surface area contributed by atoms with E-state index in [0.717, 1.165) is 18.8 Å². The monoisotopic (exact) mass is 263 g/mol. The molecule has 106 valence electrons. The molecule has 1 heterocycles. The molecule has 4 nitrogen and oxygen atoms in total. The van der Waals surface area contributed by atoms with Crippen LogP contribution in [0.5, 0.6) is 0 Å². The maximum absolute atomic E-state index is 12.1. The van der Waals surface area contributed by atoms with Crippen LogP contribution in [-0.2, 0) is 0 Å². The first-order chi connectivity index (χ1) is 8.84. The van der Waals surface area contributed by atoms with E-state index in [2.05, 4.69) is 43.3 Å². The number of amides is 1. The molecule has 0 aliphatic heterocycles. The summed E-state index contributed by atoms with van der Waals surface area (Å²) < 4.78 is 0. The lowest BCUT2D eigenvalue weighted by atomic mass is 9.88. The van der Waals surface area contributed by atoms with Gasteiger partial charge in [0.2, 0.25) is 0 Å². The second kappa shape index (κ2) is 6.55. The fourth-order valence-electron chi connectivity index (χ4n) is 1.38. The van der Waals surface area contributed by atoms with Crippen LogP contribution in [0, 0.1) is 5.41 Å². The molecule has 0 aromatic carbocycles. The van der Waals surface area contributed by atoms with Crippen LogP contribution in [0.2, 0.25) is 0 Å². The van der Waals surface area contributed by atoms with Gasteiger partial charge in [-0.3, -0.25) is 4.79 Å². The highest BCUT2D eigenvalue weighted by Gasteiger charge is 2.22. The standard InChI is InChI=1S/C15H25N3O/c1-6-9-16-13-8-7-12(10-17-13)14(19)18-11(2)15(3,4)5/h7-8,10-11H,6,9H2,1-5H3,(H,16,17)(H,18,19). The summed E-state index contributed by atoms with van der Waals surface area (Å²) in [5.74, 6) is 0.735. The second-order valence-corrected chi connectivity index (χ2v) is 5.92. The summed E-state index contributed by atoms with van der Waals surface area (Å²) >= 11 is 0. The van der Waals surface area contributed by atoms with Crippen molar-refractivity contribution in [2.24, 2.45) is 5.41 Å². The highest BCUT2D eigenvalue weighted by atomic mass is 16.1. The molecule has 1 unspecified atom stereocenters. The minimum atomic E-state index is -0.0723. The third kappa shape index (κ3) is 4.89. The van der Waals surface area contributed by atoms with Crippen molar-refractivity contribution in [1.82, 2.24) is 10.3 Å².